The molecule has 21 heavy (non-hydrogen) atoms. The molecule has 1 aliphatic heterocycles. The van der Waals surface area contributed by atoms with E-state index in [0.29, 0.717) is 11.1 Å². The maximum Gasteiger partial charge on any atom is 0.253 e. The van der Waals surface area contributed by atoms with Crippen molar-refractivity contribution in [2.24, 2.45) is 0 Å². The van der Waals surface area contributed by atoms with E-state index >= 15 is 0 Å². The monoisotopic (exact) mass is 289 g/mol. The standard InChI is InChI=1S/C16H23N3O2/c1-12(2)17-15(20)13-5-4-6-14(11-13)16(21)19-9-7-18(3)8-10-19/h4-6,11-12H,7-10H2,1-3H3,(H,17,20). The number of rotatable bonds is 3. The fourth-order valence-corrected chi connectivity index (χ4v) is 2.33. The molecule has 2 rings (SSSR count). The van der Waals surface area contributed by atoms with Gasteiger partial charge in [-0.25, -0.2) is 0 Å². The van der Waals surface area contributed by atoms with Crippen molar-refractivity contribution < 1.29 is 9.59 Å². The Bertz CT molecular complexity index is 520. The van der Waals surface area contributed by atoms with Gasteiger partial charge in [0.05, 0.1) is 0 Å². The largest absolute Gasteiger partial charge is 0.350 e. The Hall–Kier alpha value is -1.88. The SMILES string of the molecule is CC(C)NC(=O)c1cccc(C(=O)N2CCN(C)CC2)c1. The first kappa shape index (κ1) is 15.5. The van der Waals surface area contributed by atoms with E-state index in [9.17, 15) is 9.59 Å². The van der Waals surface area contributed by atoms with E-state index in [4.69, 9.17) is 0 Å². The van der Waals surface area contributed by atoms with Crippen LogP contribution in [-0.4, -0.2) is 60.9 Å². The normalized spacial score (nSPS) is 16.1. The Balaban J connectivity index is 2.09. The summed E-state index contributed by atoms with van der Waals surface area (Å²) < 4.78 is 0. The van der Waals surface area contributed by atoms with Gasteiger partial charge in [-0.2, -0.15) is 0 Å². The Morgan fingerprint density at radius 3 is 2.33 bits per heavy atom. The first-order chi connectivity index (χ1) is 9.97. The molecule has 1 saturated heterocycles. The molecular weight excluding hydrogens is 266 g/mol. The minimum atomic E-state index is -0.141. The fraction of sp³-hybridized carbons (Fsp3) is 0.500. The summed E-state index contributed by atoms with van der Waals surface area (Å²) in [5.74, 6) is -0.139. The van der Waals surface area contributed by atoms with Crippen LogP contribution in [-0.2, 0) is 0 Å². The van der Waals surface area contributed by atoms with Gasteiger partial charge in [0.15, 0.2) is 0 Å². The number of likely N-dealkylation sites (N-methyl/N-ethyl adjacent to an activating group) is 1. The number of nitrogens with zero attached hydrogens (tertiary/aromatic N) is 2. The number of carbonyl (C=O) groups is 2. The number of piperazine rings is 1. The zero-order chi connectivity index (χ0) is 15.4. The summed E-state index contributed by atoms with van der Waals surface area (Å²) >= 11 is 0. The number of carbonyl (C=O) groups excluding carboxylic acids is 2. The maximum atomic E-state index is 12.5. The minimum absolute atomic E-state index is 0.00213. The highest BCUT2D eigenvalue weighted by Crippen LogP contribution is 2.11. The molecule has 2 amide bonds. The highest BCUT2D eigenvalue weighted by atomic mass is 16.2. The van der Waals surface area contributed by atoms with Gasteiger partial charge in [-0.1, -0.05) is 6.07 Å². The topological polar surface area (TPSA) is 52.7 Å². The molecule has 1 aliphatic rings. The second-order valence-electron chi connectivity index (χ2n) is 5.80. The Morgan fingerprint density at radius 1 is 1.10 bits per heavy atom. The van der Waals surface area contributed by atoms with Crippen molar-refractivity contribution in [3.8, 4) is 0 Å². The molecule has 5 nitrogen and oxygen atoms in total. The van der Waals surface area contributed by atoms with Crippen LogP contribution < -0.4 is 5.32 Å². The summed E-state index contributed by atoms with van der Waals surface area (Å²) in [4.78, 5) is 28.5. The predicted molar refractivity (Wildman–Crippen MR) is 82.4 cm³/mol. The van der Waals surface area contributed by atoms with Crippen LogP contribution in [0, 0.1) is 0 Å². The van der Waals surface area contributed by atoms with Gasteiger partial charge in [-0.3, -0.25) is 9.59 Å². The molecular formula is C16H23N3O2. The molecule has 0 saturated carbocycles. The summed E-state index contributed by atoms with van der Waals surface area (Å²) in [6.45, 7) is 7.07. The van der Waals surface area contributed by atoms with Crippen molar-refractivity contribution in [2.45, 2.75) is 19.9 Å². The van der Waals surface area contributed by atoms with Gasteiger partial charge in [0.25, 0.3) is 11.8 Å². The van der Waals surface area contributed by atoms with Gasteiger partial charge < -0.3 is 15.1 Å². The molecule has 0 spiro atoms. The molecule has 0 atom stereocenters. The van der Waals surface area contributed by atoms with Gasteiger partial charge >= 0.3 is 0 Å². The molecule has 1 heterocycles. The van der Waals surface area contributed by atoms with Crippen LogP contribution in [0.15, 0.2) is 24.3 Å². The van der Waals surface area contributed by atoms with E-state index in [1.54, 1.807) is 24.3 Å². The quantitative estimate of drug-likeness (QED) is 0.910. The number of hydrogen-bond donors (Lipinski definition) is 1. The van der Waals surface area contributed by atoms with Gasteiger partial charge in [0.2, 0.25) is 0 Å². The zero-order valence-corrected chi connectivity index (χ0v) is 12.9. The number of benzene rings is 1. The summed E-state index contributed by atoms with van der Waals surface area (Å²) in [7, 11) is 2.05. The maximum absolute atomic E-state index is 12.5. The highest BCUT2D eigenvalue weighted by molar-refractivity contribution is 5.99. The molecule has 0 aromatic heterocycles. The van der Waals surface area contributed by atoms with Crippen molar-refractivity contribution in [2.75, 3.05) is 33.2 Å². The fourth-order valence-electron chi connectivity index (χ4n) is 2.33. The van der Waals surface area contributed by atoms with E-state index < -0.39 is 0 Å². The second-order valence-corrected chi connectivity index (χ2v) is 5.80. The first-order valence-corrected chi connectivity index (χ1v) is 7.36. The van der Waals surface area contributed by atoms with Crippen molar-refractivity contribution >= 4 is 11.8 Å². The molecule has 1 N–H and O–H groups in total. The molecule has 0 unspecified atom stereocenters. The third kappa shape index (κ3) is 4.04. The van der Waals surface area contributed by atoms with E-state index in [1.165, 1.54) is 0 Å². The molecule has 0 bridgehead atoms. The Kier molecular flexibility index (Phi) is 4.96. The Labute approximate surface area is 125 Å². The van der Waals surface area contributed by atoms with Crippen molar-refractivity contribution in [3.63, 3.8) is 0 Å². The second kappa shape index (κ2) is 6.72. The van der Waals surface area contributed by atoms with Crippen LogP contribution in [0.5, 0.6) is 0 Å². The van der Waals surface area contributed by atoms with Crippen molar-refractivity contribution in [3.05, 3.63) is 35.4 Å². The van der Waals surface area contributed by atoms with Crippen LogP contribution in [0.1, 0.15) is 34.6 Å². The van der Waals surface area contributed by atoms with Gasteiger partial charge in [0.1, 0.15) is 0 Å². The molecule has 1 aromatic carbocycles. The molecule has 0 aliphatic carbocycles. The van der Waals surface area contributed by atoms with E-state index in [2.05, 4.69) is 17.3 Å². The third-order valence-corrected chi connectivity index (χ3v) is 3.58. The number of nitrogens with one attached hydrogen (secondary N) is 1. The lowest BCUT2D eigenvalue weighted by Crippen LogP contribution is -2.47. The average Bonchev–Trinajstić information content (AvgIpc) is 2.47. The zero-order valence-electron chi connectivity index (χ0n) is 12.9. The lowest BCUT2D eigenvalue weighted by Gasteiger charge is -2.32. The predicted octanol–water partition coefficient (Wildman–Crippen LogP) is 1.21. The van der Waals surface area contributed by atoms with Crippen LogP contribution in [0.4, 0.5) is 0 Å². The Morgan fingerprint density at radius 2 is 1.71 bits per heavy atom. The molecule has 1 fully saturated rings. The molecule has 5 heteroatoms. The number of hydrogen-bond acceptors (Lipinski definition) is 3. The van der Waals surface area contributed by atoms with E-state index in [1.807, 2.05) is 18.7 Å². The lowest BCUT2D eigenvalue weighted by molar-refractivity contribution is 0.0664. The van der Waals surface area contributed by atoms with Crippen molar-refractivity contribution in [1.82, 2.24) is 15.1 Å². The van der Waals surface area contributed by atoms with Crippen LogP contribution in [0.25, 0.3) is 0 Å². The number of amides is 2. The summed E-state index contributed by atoms with van der Waals surface area (Å²) in [6.07, 6.45) is 0. The van der Waals surface area contributed by atoms with Gasteiger partial charge in [-0.15, -0.1) is 0 Å². The molecule has 0 radical (unpaired) electrons. The minimum Gasteiger partial charge on any atom is -0.350 e. The van der Waals surface area contributed by atoms with E-state index in [0.717, 1.165) is 26.2 Å². The lowest BCUT2D eigenvalue weighted by atomic mass is 10.1. The van der Waals surface area contributed by atoms with E-state index in [-0.39, 0.29) is 17.9 Å². The molecule has 114 valence electrons. The highest BCUT2D eigenvalue weighted by Gasteiger charge is 2.21. The average molecular weight is 289 g/mol. The molecule has 1 aromatic rings. The van der Waals surface area contributed by atoms with Crippen LogP contribution >= 0.6 is 0 Å². The summed E-state index contributed by atoms with van der Waals surface area (Å²) in [6, 6.07) is 7.02. The van der Waals surface area contributed by atoms with Crippen molar-refractivity contribution in [1.29, 1.82) is 0 Å². The van der Waals surface area contributed by atoms with Gasteiger partial charge in [-0.05, 0) is 39.1 Å². The smallest absolute Gasteiger partial charge is 0.253 e. The van der Waals surface area contributed by atoms with Crippen LogP contribution in [0.3, 0.4) is 0 Å². The summed E-state index contributed by atoms with van der Waals surface area (Å²) in [5.41, 5.74) is 1.11. The summed E-state index contributed by atoms with van der Waals surface area (Å²) in [5, 5.41) is 2.84. The van der Waals surface area contributed by atoms with Gasteiger partial charge in [0, 0.05) is 43.3 Å². The van der Waals surface area contributed by atoms with Crippen LogP contribution in [0.2, 0.25) is 0 Å². The third-order valence-electron chi connectivity index (χ3n) is 3.58. The first-order valence-electron chi connectivity index (χ1n) is 7.36.